The summed E-state index contributed by atoms with van der Waals surface area (Å²) in [6, 6.07) is 4.47. The van der Waals surface area contributed by atoms with Crippen molar-refractivity contribution in [3.8, 4) is 5.75 Å². The summed E-state index contributed by atoms with van der Waals surface area (Å²) in [4.78, 5) is 36.7. The summed E-state index contributed by atoms with van der Waals surface area (Å²) in [7, 11) is 1.50. The smallest absolute Gasteiger partial charge is 0.305 e. The number of carboxylic acids is 1. The van der Waals surface area contributed by atoms with Crippen LogP contribution in [-0.4, -0.2) is 60.6 Å². The van der Waals surface area contributed by atoms with E-state index in [1.165, 1.54) is 18.9 Å². The van der Waals surface area contributed by atoms with Gasteiger partial charge in [-0.3, -0.25) is 14.4 Å². The van der Waals surface area contributed by atoms with Crippen molar-refractivity contribution in [2.75, 3.05) is 26.9 Å². The molecule has 1 aromatic rings. The molecule has 1 unspecified atom stereocenters. The van der Waals surface area contributed by atoms with Crippen LogP contribution in [0.4, 0.5) is 0 Å². The molecule has 24 heavy (non-hydrogen) atoms. The zero-order chi connectivity index (χ0) is 17.7. The van der Waals surface area contributed by atoms with Crippen LogP contribution in [0.5, 0.6) is 5.75 Å². The highest BCUT2D eigenvalue weighted by atomic mass is 16.5. The van der Waals surface area contributed by atoms with Crippen molar-refractivity contribution >= 4 is 17.7 Å². The predicted molar refractivity (Wildman–Crippen MR) is 85.3 cm³/mol. The molecule has 0 aromatic heterocycles. The summed E-state index contributed by atoms with van der Waals surface area (Å²) >= 11 is 0. The number of hydrogen-bond acceptors (Lipinski definition) is 5. The zero-order valence-corrected chi connectivity index (χ0v) is 13.8. The van der Waals surface area contributed by atoms with Crippen LogP contribution in [0.3, 0.4) is 0 Å². The standard InChI is InChI=1S/C17H21NO6/c1-11(19)12-3-4-15(23-2)13(7-12)8-16(20)18-5-6-24-10-14(18)9-17(21)22/h3-4,7,14H,5-6,8-10H2,1-2H3,(H,21,22). The van der Waals surface area contributed by atoms with Gasteiger partial charge in [-0.2, -0.15) is 0 Å². The van der Waals surface area contributed by atoms with Gasteiger partial charge >= 0.3 is 5.97 Å². The third-order valence-electron chi connectivity index (χ3n) is 3.99. The van der Waals surface area contributed by atoms with Gasteiger partial charge in [-0.25, -0.2) is 0 Å². The first-order valence-corrected chi connectivity index (χ1v) is 7.69. The van der Waals surface area contributed by atoms with Gasteiger partial charge in [-0.05, 0) is 25.1 Å². The molecule has 130 valence electrons. The van der Waals surface area contributed by atoms with E-state index in [4.69, 9.17) is 14.6 Å². The number of ether oxygens (including phenoxy) is 2. The fourth-order valence-electron chi connectivity index (χ4n) is 2.75. The molecule has 7 nitrogen and oxygen atoms in total. The second kappa shape index (κ2) is 7.92. The van der Waals surface area contributed by atoms with E-state index in [1.807, 2.05) is 0 Å². The molecule has 0 saturated carbocycles. The first kappa shape index (κ1) is 17.9. The fourth-order valence-corrected chi connectivity index (χ4v) is 2.75. The van der Waals surface area contributed by atoms with Gasteiger partial charge in [0.2, 0.25) is 5.91 Å². The number of carbonyl (C=O) groups excluding carboxylic acids is 2. The van der Waals surface area contributed by atoms with E-state index < -0.39 is 12.0 Å². The molecule has 1 saturated heterocycles. The van der Waals surface area contributed by atoms with Gasteiger partial charge in [0.1, 0.15) is 5.75 Å². The summed E-state index contributed by atoms with van der Waals surface area (Å²) in [5.41, 5.74) is 1.11. The van der Waals surface area contributed by atoms with E-state index in [0.29, 0.717) is 30.0 Å². The second-order valence-corrected chi connectivity index (χ2v) is 5.67. The van der Waals surface area contributed by atoms with Crippen LogP contribution in [0.25, 0.3) is 0 Å². The highest BCUT2D eigenvalue weighted by Crippen LogP contribution is 2.22. The number of ketones is 1. The van der Waals surface area contributed by atoms with Gasteiger partial charge in [0.15, 0.2) is 5.78 Å². The SMILES string of the molecule is COc1ccc(C(C)=O)cc1CC(=O)N1CCOCC1CC(=O)O. The van der Waals surface area contributed by atoms with Gasteiger partial charge in [0.25, 0.3) is 0 Å². The summed E-state index contributed by atoms with van der Waals surface area (Å²) in [6.07, 6.45) is -0.114. The number of nitrogens with zero attached hydrogens (tertiary/aromatic N) is 1. The van der Waals surface area contributed by atoms with Crippen molar-refractivity contribution in [3.05, 3.63) is 29.3 Å². The lowest BCUT2D eigenvalue weighted by Crippen LogP contribution is -2.50. The van der Waals surface area contributed by atoms with Gasteiger partial charge < -0.3 is 19.5 Å². The monoisotopic (exact) mass is 335 g/mol. The van der Waals surface area contributed by atoms with Gasteiger partial charge in [0.05, 0.1) is 39.2 Å². The topological polar surface area (TPSA) is 93.1 Å². The number of morpholine rings is 1. The summed E-state index contributed by atoms with van der Waals surface area (Å²) in [6.45, 7) is 2.40. The predicted octanol–water partition coefficient (Wildman–Crippen LogP) is 1.14. The zero-order valence-electron chi connectivity index (χ0n) is 13.8. The first-order valence-electron chi connectivity index (χ1n) is 7.69. The van der Waals surface area contributed by atoms with E-state index in [9.17, 15) is 14.4 Å². The van der Waals surface area contributed by atoms with E-state index in [-0.39, 0.29) is 31.1 Å². The Bertz CT molecular complexity index is 642. The highest BCUT2D eigenvalue weighted by Gasteiger charge is 2.29. The van der Waals surface area contributed by atoms with Gasteiger partial charge in [-0.1, -0.05) is 0 Å². The van der Waals surface area contributed by atoms with Crippen LogP contribution >= 0.6 is 0 Å². The molecule has 2 rings (SSSR count). The number of benzene rings is 1. The molecule has 1 heterocycles. The molecule has 1 N–H and O–H groups in total. The molecule has 1 atom stereocenters. The van der Waals surface area contributed by atoms with E-state index in [0.717, 1.165) is 0 Å². The quantitative estimate of drug-likeness (QED) is 0.784. The summed E-state index contributed by atoms with van der Waals surface area (Å²) in [5.74, 6) is -0.749. The van der Waals surface area contributed by atoms with Crippen molar-refractivity contribution in [2.24, 2.45) is 0 Å². The van der Waals surface area contributed by atoms with Crippen LogP contribution < -0.4 is 4.74 Å². The van der Waals surface area contributed by atoms with Crippen LogP contribution in [0.15, 0.2) is 18.2 Å². The van der Waals surface area contributed by atoms with Crippen molar-refractivity contribution in [1.29, 1.82) is 0 Å². The minimum absolute atomic E-state index is 0.0421. The number of carboxylic acid groups (broad SMARTS) is 1. The Morgan fingerprint density at radius 1 is 1.38 bits per heavy atom. The number of rotatable bonds is 6. The maximum atomic E-state index is 12.6. The Hall–Kier alpha value is -2.41. The molecule has 0 radical (unpaired) electrons. The number of amides is 1. The summed E-state index contributed by atoms with van der Waals surface area (Å²) in [5, 5.41) is 8.98. The lowest BCUT2D eigenvalue weighted by atomic mass is 10.0. The van der Waals surface area contributed by atoms with Crippen molar-refractivity contribution in [2.45, 2.75) is 25.8 Å². The molecule has 1 fully saturated rings. The number of carbonyl (C=O) groups is 3. The van der Waals surface area contributed by atoms with Crippen LogP contribution in [0.1, 0.15) is 29.3 Å². The minimum atomic E-state index is -0.973. The van der Waals surface area contributed by atoms with Crippen LogP contribution in [0, 0.1) is 0 Å². The molecule has 1 aliphatic heterocycles. The third kappa shape index (κ3) is 4.32. The van der Waals surface area contributed by atoms with E-state index in [2.05, 4.69) is 0 Å². The molecular weight excluding hydrogens is 314 g/mol. The lowest BCUT2D eigenvalue weighted by molar-refractivity contribution is -0.145. The Morgan fingerprint density at radius 2 is 2.12 bits per heavy atom. The molecule has 1 amide bonds. The van der Waals surface area contributed by atoms with Crippen LogP contribution in [0.2, 0.25) is 0 Å². The summed E-state index contributed by atoms with van der Waals surface area (Å²) < 4.78 is 10.5. The highest BCUT2D eigenvalue weighted by molar-refractivity contribution is 5.94. The normalized spacial score (nSPS) is 17.4. The maximum Gasteiger partial charge on any atom is 0.305 e. The second-order valence-electron chi connectivity index (χ2n) is 5.67. The number of Topliss-reactive ketones (excluding diaryl/α,β-unsaturated/α-hetero) is 1. The Balaban J connectivity index is 2.19. The van der Waals surface area contributed by atoms with Crippen molar-refractivity contribution < 1.29 is 29.0 Å². The van der Waals surface area contributed by atoms with E-state index in [1.54, 1.807) is 18.2 Å². The maximum absolute atomic E-state index is 12.6. The molecular formula is C17H21NO6. The molecule has 1 aliphatic rings. The fraction of sp³-hybridized carbons (Fsp3) is 0.471. The molecule has 7 heteroatoms. The van der Waals surface area contributed by atoms with Crippen molar-refractivity contribution in [1.82, 2.24) is 4.90 Å². The molecule has 1 aromatic carbocycles. The first-order chi connectivity index (χ1) is 11.4. The van der Waals surface area contributed by atoms with E-state index >= 15 is 0 Å². The van der Waals surface area contributed by atoms with Gasteiger partial charge in [-0.15, -0.1) is 0 Å². The van der Waals surface area contributed by atoms with Crippen LogP contribution in [-0.2, 0) is 20.7 Å². The molecule has 0 bridgehead atoms. The average molecular weight is 335 g/mol. The number of methoxy groups -OCH3 is 1. The number of hydrogen-bond donors (Lipinski definition) is 1. The Morgan fingerprint density at radius 3 is 2.75 bits per heavy atom. The molecule has 0 spiro atoms. The third-order valence-corrected chi connectivity index (χ3v) is 3.99. The van der Waals surface area contributed by atoms with Crippen molar-refractivity contribution in [3.63, 3.8) is 0 Å². The van der Waals surface area contributed by atoms with Gasteiger partial charge in [0, 0.05) is 17.7 Å². The average Bonchev–Trinajstić information content (AvgIpc) is 2.54. The Kier molecular flexibility index (Phi) is 5.92. The lowest BCUT2D eigenvalue weighted by Gasteiger charge is -2.35. The Labute approximate surface area is 140 Å². The minimum Gasteiger partial charge on any atom is -0.496 e. The number of aliphatic carboxylic acids is 1. The largest absolute Gasteiger partial charge is 0.496 e. The molecule has 0 aliphatic carbocycles.